The van der Waals surface area contributed by atoms with Crippen LogP contribution in [0.1, 0.15) is 0 Å². The van der Waals surface area contributed by atoms with Crippen molar-refractivity contribution >= 4 is 12.3 Å². The number of hydrogen-bond acceptors (Lipinski definition) is 8. The summed E-state index contributed by atoms with van der Waals surface area (Å²) in [7, 11) is 1.32. The Balaban J connectivity index is 3.34. The van der Waals surface area contributed by atoms with E-state index in [9.17, 15) is 9.59 Å². The quantitative estimate of drug-likeness (QED) is 0.492. The van der Waals surface area contributed by atoms with Crippen molar-refractivity contribution in [3.8, 4) is 0 Å². The van der Waals surface area contributed by atoms with Gasteiger partial charge in [-0.25, -0.2) is 9.59 Å². The van der Waals surface area contributed by atoms with Gasteiger partial charge in [-0.1, -0.05) is 0 Å². The van der Waals surface area contributed by atoms with E-state index in [0.29, 0.717) is 0 Å². The average Bonchev–Trinajstić information content (AvgIpc) is 2.15. The Morgan fingerprint density at radius 2 is 1.50 bits per heavy atom. The monoisotopic (exact) mass is 210 g/mol. The van der Waals surface area contributed by atoms with Gasteiger partial charge in [-0.15, -0.1) is 0 Å². The van der Waals surface area contributed by atoms with Gasteiger partial charge >= 0.3 is 12.3 Å². The molecule has 0 spiro atoms. The fourth-order valence-electron chi connectivity index (χ4n) is 0.369. The van der Waals surface area contributed by atoms with Gasteiger partial charge in [-0.3, -0.25) is 0 Å². The van der Waals surface area contributed by atoms with Crippen molar-refractivity contribution in [2.45, 2.75) is 0 Å². The van der Waals surface area contributed by atoms with Gasteiger partial charge in [0, 0.05) is 7.11 Å². The highest BCUT2D eigenvalue weighted by Gasteiger charge is 2.06. The van der Waals surface area contributed by atoms with E-state index in [0.717, 1.165) is 0 Å². The molecular formula is C6H10O8. The molecule has 82 valence electrons. The zero-order valence-corrected chi connectivity index (χ0v) is 7.43. The van der Waals surface area contributed by atoms with Crippen LogP contribution in [0.25, 0.3) is 0 Å². The minimum atomic E-state index is -1.16. The van der Waals surface area contributed by atoms with Crippen LogP contribution in [0.2, 0.25) is 0 Å². The Bertz CT molecular complexity index is 179. The Kier molecular flexibility index (Phi) is 7.19. The van der Waals surface area contributed by atoms with E-state index >= 15 is 0 Å². The Labute approximate surface area is 79.2 Å². The molecule has 0 atom stereocenters. The lowest BCUT2D eigenvalue weighted by Crippen LogP contribution is -2.15. The second-order valence-corrected chi connectivity index (χ2v) is 1.73. The Morgan fingerprint density at radius 3 is 2.00 bits per heavy atom. The van der Waals surface area contributed by atoms with Crippen LogP contribution in [-0.4, -0.2) is 44.9 Å². The summed E-state index contributed by atoms with van der Waals surface area (Å²) >= 11 is 0. The molecule has 0 aliphatic heterocycles. The highest BCUT2D eigenvalue weighted by Crippen LogP contribution is 1.89. The van der Waals surface area contributed by atoms with Gasteiger partial charge in [0.15, 0.2) is 13.6 Å². The molecule has 14 heavy (non-hydrogen) atoms. The standard InChI is InChI=1S/C6H10O8/c1-10-3-12-6(9)14-4-13-5(8)11-2-7/h7H,2-4H2,1H3. The molecule has 0 aromatic rings. The van der Waals surface area contributed by atoms with Crippen LogP contribution in [-0.2, 0) is 23.7 Å². The first kappa shape index (κ1) is 12.5. The summed E-state index contributed by atoms with van der Waals surface area (Å²) in [6, 6.07) is 0. The maximum absolute atomic E-state index is 10.5. The van der Waals surface area contributed by atoms with Gasteiger partial charge in [0.05, 0.1) is 0 Å². The first-order chi connectivity index (χ1) is 6.70. The lowest BCUT2D eigenvalue weighted by molar-refractivity contribution is -0.0738. The van der Waals surface area contributed by atoms with Gasteiger partial charge in [-0.05, 0) is 0 Å². The largest absolute Gasteiger partial charge is 0.513 e. The molecule has 0 heterocycles. The third-order valence-corrected chi connectivity index (χ3v) is 0.831. The van der Waals surface area contributed by atoms with Crippen LogP contribution >= 0.6 is 0 Å². The van der Waals surface area contributed by atoms with Crippen LogP contribution in [0.3, 0.4) is 0 Å². The molecule has 0 aromatic carbocycles. The van der Waals surface area contributed by atoms with E-state index in [1.54, 1.807) is 0 Å². The summed E-state index contributed by atoms with van der Waals surface area (Å²) in [5.74, 6) is 0. The highest BCUT2D eigenvalue weighted by molar-refractivity contribution is 5.61. The summed E-state index contributed by atoms with van der Waals surface area (Å²) in [5.41, 5.74) is 0. The normalized spacial score (nSPS) is 9.00. The van der Waals surface area contributed by atoms with Gasteiger partial charge < -0.3 is 28.8 Å². The number of carbonyl (C=O) groups is 2. The summed E-state index contributed by atoms with van der Waals surface area (Å²) in [6.07, 6.45) is -2.21. The van der Waals surface area contributed by atoms with E-state index in [1.807, 2.05) is 0 Å². The second kappa shape index (κ2) is 8.08. The van der Waals surface area contributed by atoms with Crippen molar-refractivity contribution in [1.29, 1.82) is 0 Å². The smallest absolute Gasteiger partial charge is 0.407 e. The maximum Gasteiger partial charge on any atom is 0.513 e. The Morgan fingerprint density at radius 1 is 1.00 bits per heavy atom. The predicted molar refractivity (Wildman–Crippen MR) is 39.0 cm³/mol. The van der Waals surface area contributed by atoms with E-state index < -0.39 is 25.9 Å². The molecule has 8 nitrogen and oxygen atoms in total. The zero-order chi connectivity index (χ0) is 10.8. The molecule has 0 bridgehead atoms. The minimum Gasteiger partial charge on any atom is -0.407 e. The number of methoxy groups -OCH3 is 1. The molecule has 0 aliphatic carbocycles. The van der Waals surface area contributed by atoms with E-state index in [-0.39, 0.29) is 6.79 Å². The highest BCUT2D eigenvalue weighted by atomic mass is 16.8. The van der Waals surface area contributed by atoms with Crippen LogP contribution in [0.4, 0.5) is 9.59 Å². The fourth-order valence-corrected chi connectivity index (χ4v) is 0.369. The van der Waals surface area contributed by atoms with Gasteiger partial charge in [0.1, 0.15) is 0 Å². The topological polar surface area (TPSA) is 101 Å². The number of aliphatic hydroxyl groups excluding tert-OH is 1. The summed E-state index contributed by atoms with van der Waals surface area (Å²) in [4.78, 5) is 20.9. The van der Waals surface area contributed by atoms with Gasteiger partial charge in [0.25, 0.3) is 0 Å². The summed E-state index contributed by atoms with van der Waals surface area (Å²) in [5, 5.41) is 8.09. The molecule has 0 saturated carbocycles. The van der Waals surface area contributed by atoms with Crippen molar-refractivity contribution in [3.05, 3.63) is 0 Å². The summed E-state index contributed by atoms with van der Waals surface area (Å²) < 4.78 is 21.0. The second-order valence-electron chi connectivity index (χ2n) is 1.73. The SMILES string of the molecule is COCOC(=O)OCOC(=O)OCO. The summed E-state index contributed by atoms with van der Waals surface area (Å²) in [6.45, 7) is -1.74. The Hall–Kier alpha value is -1.54. The third kappa shape index (κ3) is 7.13. The third-order valence-electron chi connectivity index (χ3n) is 0.831. The van der Waals surface area contributed by atoms with Crippen LogP contribution in [0.15, 0.2) is 0 Å². The molecule has 8 heteroatoms. The van der Waals surface area contributed by atoms with Crippen LogP contribution < -0.4 is 0 Å². The molecule has 0 rings (SSSR count). The van der Waals surface area contributed by atoms with E-state index in [2.05, 4.69) is 23.7 Å². The first-order valence-electron chi connectivity index (χ1n) is 3.39. The van der Waals surface area contributed by atoms with Crippen molar-refractivity contribution in [2.24, 2.45) is 0 Å². The van der Waals surface area contributed by atoms with Crippen molar-refractivity contribution < 1.29 is 38.4 Å². The fraction of sp³-hybridized carbons (Fsp3) is 0.667. The van der Waals surface area contributed by atoms with Crippen LogP contribution in [0.5, 0.6) is 0 Å². The van der Waals surface area contributed by atoms with E-state index in [4.69, 9.17) is 5.11 Å². The molecule has 1 N–H and O–H groups in total. The van der Waals surface area contributed by atoms with Gasteiger partial charge in [-0.2, -0.15) is 0 Å². The maximum atomic E-state index is 10.5. The number of ether oxygens (including phenoxy) is 5. The van der Waals surface area contributed by atoms with Crippen molar-refractivity contribution in [1.82, 2.24) is 0 Å². The molecule has 0 radical (unpaired) electrons. The molecule has 0 saturated heterocycles. The molecule has 0 aliphatic rings. The lowest BCUT2D eigenvalue weighted by atomic mass is 11.2. The van der Waals surface area contributed by atoms with Crippen molar-refractivity contribution in [2.75, 3.05) is 27.5 Å². The lowest BCUT2D eigenvalue weighted by Gasteiger charge is -2.05. The van der Waals surface area contributed by atoms with Crippen molar-refractivity contribution in [3.63, 3.8) is 0 Å². The van der Waals surface area contributed by atoms with Gasteiger partial charge in [0.2, 0.25) is 6.79 Å². The van der Waals surface area contributed by atoms with Crippen LogP contribution in [0, 0.1) is 0 Å². The molecule has 0 aromatic heterocycles. The zero-order valence-electron chi connectivity index (χ0n) is 7.43. The number of carbonyl (C=O) groups excluding carboxylic acids is 2. The predicted octanol–water partition coefficient (Wildman–Crippen LogP) is -0.196. The van der Waals surface area contributed by atoms with E-state index in [1.165, 1.54) is 7.11 Å². The minimum absolute atomic E-state index is 0.264. The number of rotatable bonds is 5. The number of aliphatic hydroxyl groups is 1. The first-order valence-corrected chi connectivity index (χ1v) is 3.39. The number of hydrogen-bond donors (Lipinski definition) is 1. The molecule has 0 amide bonds. The molecular weight excluding hydrogens is 200 g/mol. The molecule has 0 fully saturated rings. The average molecular weight is 210 g/mol. The molecule has 0 unspecified atom stereocenters.